The molecule has 0 spiro atoms. The summed E-state index contributed by atoms with van der Waals surface area (Å²) in [5.74, 6) is 0.969. The van der Waals surface area contributed by atoms with Crippen LogP contribution in [0.2, 0.25) is 0 Å². The second-order valence-electron chi connectivity index (χ2n) is 4.53. The highest BCUT2D eigenvalue weighted by Crippen LogP contribution is 2.37. The first kappa shape index (κ1) is 10.9. The number of rotatable bonds is 2. The van der Waals surface area contributed by atoms with Crippen molar-refractivity contribution in [3.8, 4) is 11.4 Å². The predicted molar refractivity (Wildman–Crippen MR) is 69.9 cm³/mol. The average molecular weight is 238 g/mol. The predicted octanol–water partition coefficient (Wildman–Crippen LogP) is 2.86. The molecule has 1 heterocycles. The van der Waals surface area contributed by atoms with Crippen LogP contribution in [0.5, 0.6) is 0 Å². The van der Waals surface area contributed by atoms with Gasteiger partial charge in [0, 0.05) is 11.5 Å². The minimum atomic E-state index is 0.319. The fourth-order valence-corrected chi connectivity index (χ4v) is 2.35. The molecule has 18 heavy (non-hydrogen) atoms. The van der Waals surface area contributed by atoms with Gasteiger partial charge in [0.05, 0.1) is 0 Å². The molecule has 1 aliphatic carbocycles. The molecule has 0 saturated carbocycles. The molecule has 1 N–H and O–H groups in total. The van der Waals surface area contributed by atoms with E-state index in [1.165, 1.54) is 16.7 Å². The Morgan fingerprint density at radius 3 is 2.67 bits per heavy atom. The first-order chi connectivity index (χ1) is 8.77. The number of nitrogens with zero attached hydrogens (tertiary/aromatic N) is 3. The van der Waals surface area contributed by atoms with Crippen LogP contribution < -0.4 is 0 Å². The molecule has 4 heteroatoms. The zero-order chi connectivity index (χ0) is 12.5. The van der Waals surface area contributed by atoms with Gasteiger partial charge in [-0.2, -0.15) is 5.21 Å². The van der Waals surface area contributed by atoms with Crippen molar-refractivity contribution < 1.29 is 0 Å². The molecule has 0 amide bonds. The lowest BCUT2D eigenvalue weighted by Crippen LogP contribution is -1.98. The molecular weight excluding hydrogens is 224 g/mol. The quantitative estimate of drug-likeness (QED) is 0.875. The van der Waals surface area contributed by atoms with Gasteiger partial charge >= 0.3 is 0 Å². The topological polar surface area (TPSA) is 54.5 Å². The summed E-state index contributed by atoms with van der Waals surface area (Å²) >= 11 is 0. The van der Waals surface area contributed by atoms with E-state index in [0.29, 0.717) is 11.7 Å². The third-order valence-corrected chi connectivity index (χ3v) is 3.51. The first-order valence-corrected chi connectivity index (χ1v) is 5.95. The van der Waals surface area contributed by atoms with Crippen LogP contribution in [0.3, 0.4) is 0 Å². The fraction of sp³-hybridized carbons (Fsp3) is 0.214. The van der Waals surface area contributed by atoms with Gasteiger partial charge in [-0.1, -0.05) is 47.6 Å². The van der Waals surface area contributed by atoms with Gasteiger partial charge in [0.25, 0.3) is 0 Å². The van der Waals surface area contributed by atoms with Crippen molar-refractivity contribution in [2.75, 3.05) is 0 Å². The SMILES string of the molecule is CC1=C(C)C(c2ccccc2-c2nn[nH]n2)C=C1. The minimum absolute atomic E-state index is 0.319. The maximum atomic E-state index is 4.08. The number of tetrazole rings is 1. The number of hydrogen-bond acceptors (Lipinski definition) is 3. The Morgan fingerprint density at radius 2 is 2.00 bits per heavy atom. The van der Waals surface area contributed by atoms with Crippen molar-refractivity contribution in [3.63, 3.8) is 0 Å². The average Bonchev–Trinajstić information content (AvgIpc) is 3.02. The number of nitrogens with one attached hydrogen (secondary N) is 1. The van der Waals surface area contributed by atoms with E-state index in [1.54, 1.807) is 0 Å². The van der Waals surface area contributed by atoms with Crippen LogP contribution in [-0.4, -0.2) is 20.6 Å². The molecule has 2 aromatic rings. The van der Waals surface area contributed by atoms with E-state index >= 15 is 0 Å². The van der Waals surface area contributed by atoms with Crippen molar-refractivity contribution in [1.82, 2.24) is 20.6 Å². The summed E-state index contributed by atoms with van der Waals surface area (Å²) in [4.78, 5) is 0. The van der Waals surface area contributed by atoms with Crippen molar-refractivity contribution in [1.29, 1.82) is 0 Å². The number of aromatic amines is 1. The second-order valence-corrected chi connectivity index (χ2v) is 4.53. The van der Waals surface area contributed by atoms with Crippen LogP contribution in [0.4, 0.5) is 0 Å². The lowest BCUT2D eigenvalue weighted by molar-refractivity contribution is 0.881. The number of allylic oxidation sites excluding steroid dienone is 4. The van der Waals surface area contributed by atoms with Gasteiger partial charge < -0.3 is 0 Å². The normalized spacial score (nSPS) is 18.7. The minimum Gasteiger partial charge on any atom is -0.177 e. The van der Waals surface area contributed by atoms with Crippen LogP contribution in [0.25, 0.3) is 11.4 Å². The van der Waals surface area contributed by atoms with E-state index in [-0.39, 0.29) is 0 Å². The summed E-state index contributed by atoms with van der Waals surface area (Å²) in [6.07, 6.45) is 4.40. The Hall–Kier alpha value is -2.23. The third kappa shape index (κ3) is 1.66. The monoisotopic (exact) mass is 238 g/mol. The van der Waals surface area contributed by atoms with E-state index in [2.05, 4.69) is 52.7 Å². The maximum absolute atomic E-state index is 4.08. The first-order valence-electron chi connectivity index (χ1n) is 5.95. The van der Waals surface area contributed by atoms with Gasteiger partial charge in [0.1, 0.15) is 0 Å². The zero-order valence-electron chi connectivity index (χ0n) is 10.4. The van der Waals surface area contributed by atoms with Gasteiger partial charge in [0.2, 0.25) is 5.82 Å². The van der Waals surface area contributed by atoms with Crippen LogP contribution in [0, 0.1) is 0 Å². The standard InChI is InChI=1S/C14H14N4/c1-9-7-8-11(10(9)2)12-5-3-4-6-13(12)14-15-17-18-16-14/h3-8,11H,1-2H3,(H,15,16,17,18). The Morgan fingerprint density at radius 1 is 1.17 bits per heavy atom. The third-order valence-electron chi connectivity index (χ3n) is 3.51. The molecule has 90 valence electrons. The molecule has 0 saturated heterocycles. The smallest absolute Gasteiger partial charge is 0.177 e. The Labute approximate surface area is 105 Å². The Bertz CT molecular complexity index is 623. The molecule has 1 unspecified atom stereocenters. The van der Waals surface area contributed by atoms with Crippen LogP contribution >= 0.6 is 0 Å². The van der Waals surface area contributed by atoms with Crippen molar-refractivity contribution >= 4 is 0 Å². The molecular formula is C14H14N4. The van der Waals surface area contributed by atoms with Gasteiger partial charge in [-0.25, -0.2) is 0 Å². The molecule has 1 aromatic heterocycles. The van der Waals surface area contributed by atoms with Gasteiger partial charge in [-0.15, -0.1) is 10.2 Å². The molecule has 0 fully saturated rings. The van der Waals surface area contributed by atoms with E-state index < -0.39 is 0 Å². The molecule has 1 aliphatic rings. The van der Waals surface area contributed by atoms with Crippen molar-refractivity contribution in [2.24, 2.45) is 0 Å². The number of benzene rings is 1. The molecule has 3 rings (SSSR count). The number of aromatic nitrogens is 4. The van der Waals surface area contributed by atoms with Gasteiger partial charge in [-0.3, -0.25) is 0 Å². The largest absolute Gasteiger partial charge is 0.204 e. The molecule has 1 atom stereocenters. The molecule has 0 aliphatic heterocycles. The summed E-state index contributed by atoms with van der Waals surface area (Å²) in [6, 6.07) is 8.21. The maximum Gasteiger partial charge on any atom is 0.204 e. The summed E-state index contributed by atoms with van der Waals surface area (Å²) in [5, 5.41) is 14.3. The lowest BCUT2D eigenvalue weighted by atomic mass is 9.90. The van der Waals surface area contributed by atoms with Gasteiger partial charge in [-0.05, 0) is 24.6 Å². The number of hydrogen-bond donors (Lipinski definition) is 1. The molecule has 0 radical (unpaired) electrons. The molecule has 1 aromatic carbocycles. The lowest BCUT2D eigenvalue weighted by Gasteiger charge is -2.14. The summed E-state index contributed by atoms with van der Waals surface area (Å²) < 4.78 is 0. The molecule has 0 bridgehead atoms. The van der Waals surface area contributed by atoms with Crippen molar-refractivity contribution in [2.45, 2.75) is 19.8 Å². The van der Waals surface area contributed by atoms with E-state index in [1.807, 2.05) is 18.2 Å². The number of H-pyrrole nitrogens is 1. The van der Waals surface area contributed by atoms with E-state index in [4.69, 9.17) is 0 Å². The molecule has 4 nitrogen and oxygen atoms in total. The fourth-order valence-electron chi connectivity index (χ4n) is 2.35. The summed E-state index contributed by atoms with van der Waals surface area (Å²) in [5.41, 5.74) is 4.98. The zero-order valence-corrected chi connectivity index (χ0v) is 10.4. The highest BCUT2D eigenvalue weighted by molar-refractivity contribution is 5.63. The Kier molecular flexibility index (Phi) is 2.55. The van der Waals surface area contributed by atoms with Crippen LogP contribution in [-0.2, 0) is 0 Å². The van der Waals surface area contributed by atoms with Crippen LogP contribution in [0.1, 0.15) is 25.3 Å². The second kappa shape index (κ2) is 4.22. The highest BCUT2D eigenvalue weighted by atomic mass is 15.5. The Balaban J connectivity index is 2.12. The van der Waals surface area contributed by atoms with E-state index in [9.17, 15) is 0 Å². The summed E-state index contributed by atoms with van der Waals surface area (Å²) in [6.45, 7) is 4.32. The summed E-state index contributed by atoms with van der Waals surface area (Å²) in [7, 11) is 0. The van der Waals surface area contributed by atoms with Crippen molar-refractivity contribution in [3.05, 3.63) is 53.1 Å². The van der Waals surface area contributed by atoms with Gasteiger partial charge in [0.15, 0.2) is 0 Å². The van der Waals surface area contributed by atoms with E-state index in [0.717, 1.165) is 5.56 Å². The highest BCUT2D eigenvalue weighted by Gasteiger charge is 2.20. The van der Waals surface area contributed by atoms with Crippen LogP contribution in [0.15, 0.2) is 47.6 Å².